The van der Waals surface area contributed by atoms with Gasteiger partial charge >= 0.3 is 5.97 Å². The normalized spacial score (nSPS) is 15.2. The van der Waals surface area contributed by atoms with Crippen molar-refractivity contribution in [3.05, 3.63) is 64.9 Å². The van der Waals surface area contributed by atoms with Crippen LogP contribution in [0.25, 0.3) is 5.69 Å². The fraction of sp³-hybridized carbons (Fsp3) is 0.211. The number of para-hydroxylation sites is 1. The molecule has 0 saturated carbocycles. The first kappa shape index (κ1) is 17.4. The topological polar surface area (TPSA) is 86.5 Å². The molecular weight excluding hydrogens is 370 g/mol. The smallest absolute Gasteiger partial charge is 0.304 e. The number of carboxylic acids is 1. The van der Waals surface area contributed by atoms with Gasteiger partial charge in [0.1, 0.15) is 23.8 Å². The van der Waals surface area contributed by atoms with Crippen molar-refractivity contribution in [1.29, 1.82) is 0 Å². The summed E-state index contributed by atoms with van der Waals surface area (Å²) >= 11 is 6.17. The Bertz CT molecular complexity index is 989. The third-order valence-electron chi connectivity index (χ3n) is 4.31. The molecule has 4 rings (SSSR count). The highest BCUT2D eigenvalue weighted by Crippen LogP contribution is 2.38. The number of nitrogens with zero attached hydrogens (tertiary/aromatic N) is 3. The van der Waals surface area contributed by atoms with E-state index in [1.165, 1.54) is 0 Å². The van der Waals surface area contributed by atoms with Gasteiger partial charge in [-0.3, -0.25) is 4.79 Å². The van der Waals surface area contributed by atoms with Gasteiger partial charge in [0, 0.05) is 17.5 Å². The van der Waals surface area contributed by atoms with E-state index in [4.69, 9.17) is 26.2 Å². The maximum Gasteiger partial charge on any atom is 0.304 e. The quantitative estimate of drug-likeness (QED) is 0.699. The maximum absolute atomic E-state index is 10.9. The number of hydrogen-bond acceptors (Lipinski definition) is 5. The molecule has 1 aromatic heterocycles. The molecule has 0 saturated heterocycles. The first-order valence-corrected chi connectivity index (χ1v) is 8.75. The van der Waals surface area contributed by atoms with E-state index < -0.39 is 5.97 Å². The Hall–Kier alpha value is -3.06. The van der Waals surface area contributed by atoms with Crippen LogP contribution in [0.3, 0.4) is 0 Å². The second kappa shape index (κ2) is 7.28. The molecule has 1 aliphatic rings. The monoisotopic (exact) mass is 385 g/mol. The Labute approximate surface area is 160 Å². The van der Waals surface area contributed by atoms with Gasteiger partial charge in [0.2, 0.25) is 0 Å². The van der Waals surface area contributed by atoms with E-state index in [0.29, 0.717) is 28.8 Å². The van der Waals surface area contributed by atoms with Gasteiger partial charge in [0.05, 0.1) is 29.9 Å². The average Bonchev–Trinajstić information content (AvgIpc) is 3.27. The third kappa shape index (κ3) is 3.73. The number of carboxylic acid groups (broad SMARTS) is 1. The van der Waals surface area contributed by atoms with Gasteiger partial charge < -0.3 is 14.6 Å². The molecule has 1 unspecified atom stereocenters. The summed E-state index contributed by atoms with van der Waals surface area (Å²) in [5.74, 6) is 0.330. The third-order valence-corrected chi connectivity index (χ3v) is 4.63. The Morgan fingerprint density at radius 2 is 2.19 bits per heavy atom. The molecule has 7 nitrogen and oxygen atoms in total. The van der Waals surface area contributed by atoms with Crippen molar-refractivity contribution in [2.45, 2.75) is 18.9 Å². The molecule has 3 aromatic rings. The number of halogens is 1. The van der Waals surface area contributed by atoms with Crippen molar-refractivity contribution < 1.29 is 19.4 Å². The molecule has 0 fully saturated rings. The van der Waals surface area contributed by atoms with E-state index in [2.05, 4.69) is 10.3 Å². The van der Waals surface area contributed by atoms with Gasteiger partial charge in [0.15, 0.2) is 0 Å². The first-order valence-electron chi connectivity index (χ1n) is 8.37. The van der Waals surface area contributed by atoms with Crippen LogP contribution in [-0.2, 0) is 11.4 Å². The molecule has 2 aromatic carbocycles. The highest BCUT2D eigenvalue weighted by Gasteiger charge is 2.26. The van der Waals surface area contributed by atoms with Gasteiger partial charge in [-0.2, -0.15) is 0 Å². The second-order valence-electron chi connectivity index (χ2n) is 6.20. The summed E-state index contributed by atoms with van der Waals surface area (Å²) in [6.07, 6.45) is 1.81. The molecule has 0 amide bonds. The SMILES string of the molecule is O=C(O)CC1COc2cc(OCc3cn(-c4ccccc4Cl)nn3)ccc21. The van der Waals surface area contributed by atoms with E-state index in [0.717, 1.165) is 11.3 Å². The van der Waals surface area contributed by atoms with Gasteiger partial charge in [0.25, 0.3) is 0 Å². The molecule has 0 radical (unpaired) electrons. The number of benzene rings is 2. The number of fused-ring (bicyclic) bond motifs is 1. The fourth-order valence-electron chi connectivity index (χ4n) is 3.00. The second-order valence-corrected chi connectivity index (χ2v) is 6.61. The zero-order valence-corrected chi connectivity index (χ0v) is 15.0. The largest absolute Gasteiger partial charge is 0.492 e. The zero-order chi connectivity index (χ0) is 18.8. The van der Waals surface area contributed by atoms with E-state index >= 15 is 0 Å². The zero-order valence-electron chi connectivity index (χ0n) is 14.2. The summed E-state index contributed by atoms with van der Waals surface area (Å²) in [6, 6.07) is 12.8. The minimum atomic E-state index is -0.835. The van der Waals surface area contributed by atoms with Crippen LogP contribution in [0.4, 0.5) is 0 Å². The number of rotatable bonds is 6. The van der Waals surface area contributed by atoms with E-state index in [9.17, 15) is 4.79 Å². The summed E-state index contributed by atoms with van der Waals surface area (Å²) in [5.41, 5.74) is 2.29. The highest BCUT2D eigenvalue weighted by molar-refractivity contribution is 6.32. The molecule has 0 aliphatic carbocycles. The Morgan fingerprint density at radius 1 is 1.33 bits per heavy atom. The molecule has 1 aliphatic heterocycles. The summed E-state index contributed by atoms with van der Waals surface area (Å²) in [4.78, 5) is 10.9. The highest BCUT2D eigenvalue weighted by atomic mass is 35.5. The van der Waals surface area contributed by atoms with Gasteiger partial charge in [-0.05, 0) is 18.2 Å². The molecule has 27 heavy (non-hydrogen) atoms. The lowest BCUT2D eigenvalue weighted by atomic mass is 9.98. The molecule has 2 heterocycles. The number of aliphatic carboxylic acids is 1. The molecule has 0 spiro atoms. The number of ether oxygens (including phenoxy) is 2. The van der Waals surface area contributed by atoms with Crippen LogP contribution in [0, 0.1) is 0 Å². The van der Waals surface area contributed by atoms with E-state index in [-0.39, 0.29) is 18.9 Å². The van der Waals surface area contributed by atoms with Crippen LogP contribution in [0.5, 0.6) is 11.5 Å². The van der Waals surface area contributed by atoms with E-state index in [1.807, 2.05) is 24.3 Å². The van der Waals surface area contributed by atoms with Crippen LogP contribution in [0.1, 0.15) is 23.6 Å². The van der Waals surface area contributed by atoms with Crippen LogP contribution >= 0.6 is 11.6 Å². The van der Waals surface area contributed by atoms with Crippen molar-refractivity contribution >= 4 is 17.6 Å². The first-order chi connectivity index (χ1) is 13.1. The Balaban J connectivity index is 1.43. The van der Waals surface area contributed by atoms with Crippen molar-refractivity contribution in [3.8, 4) is 17.2 Å². The number of carbonyl (C=O) groups is 1. The molecule has 1 atom stereocenters. The van der Waals surface area contributed by atoms with Gasteiger partial charge in [-0.1, -0.05) is 35.0 Å². The van der Waals surface area contributed by atoms with Crippen LogP contribution in [-0.4, -0.2) is 32.7 Å². The van der Waals surface area contributed by atoms with E-state index in [1.54, 1.807) is 29.1 Å². The standard InChI is InChI=1S/C19H16ClN3O4/c20-16-3-1-2-4-17(16)23-9-13(21-22-23)11-26-14-5-6-15-12(7-19(24)25)10-27-18(15)8-14/h1-6,8-9,12H,7,10-11H2,(H,24,25). The maximum atomic E-state index is 10.9. The van der Waals surface area contributed by atoms with Crippen molar-refractivity contribution in [2.24, 2.45) is 0 Å². The lowest BCUT2D eigenvalue weighted by Gasteiger charge is -2.07. The van der Waals surface area contributed by atoms with Crippen molar-refractivity contribution in [2.75, 3.05) is 6.61 Å². The fourth-order valence-corrected chi connectivity index (χ4v) is 3.23. The molecule has 138 valence electrons. The lowest BCUT2D eigenvalue weighted by molar-refractivity contribution is -0.137. The lowest BCUT2D eigenvalue weighted by Crippen LogP contribution is -2.07. The van der Waals surface area contributed by atoms with Crippen molar-refractivity contribution in [1.82, 2.24) is 15.0 Å². The Morgan fingerprint density at radius 3 is 3.00 bits per heavy atom. The molecule has 0 bridgehead atoms. The minimum absolute atomic E-state index is 0.0539. The summed E-state index contributed by atoms with van der Waals surface area (Å²) in [6.45, 7) is 0.610. The van der Waals surface area contributed by atoms with Gasteiger partial charge in [-0.15, -0.1) is 5.10 Å². The van der Waals surface area contributed by atoms with Gasteiger partial charge in [-0.25, -0.2) is 4.68 Å². The van der Waals surface area contributed by atoms with Crippen LogP contribution < -0.4 is 9.47 Å². The minimum Gasteiger partial charge on any atom is -0.492 e. The van der Waals surface area contributed by atoms with Crippen LogP contribution in [0.2, 0.25) is 5.02 Å². The average molecular weight is 386 g/mol. The van der Waals surface area contributed by atoms with Crippen LogP contribution in [0.15, 0.2) is 48.7 Å². The molecular formula is C19H16ClN3O4. The number of hydrogen-bond donors (Lipinski definition) is 1. The molecule has 1 N–H and O–H groups in total. The number of aromatic nitrogens is 3. The predicted octanol–water partition coefficient (Wildman–Crippen LogP) is 3.45. The Kier molecular flexibility index (Phi) is 4.68. The predicted molar refractivity (Wildman–Crippen MR) is 97.6 cm³/mol. The summed E-state index contributed by atoms with van der Waals surface area (Å²) in [5, 5.41) is 17.7. The molecule has 8 heteroatoms. The summed E-state index contributed by atoms with van der Waals surface area (Å²) in [7, 11) is 0. The summed E-state index contributed by atoms with van der Waals surface area (Å²) < 4.78 is 13.0. The van der Waals surface area contributed by atoms with Crippen molar-refractivity contribution in [3.63, 3.8) is 0 Å².